The SMILES string of the molecule is CCCCCCCCCCCCOC(C)(C)Cc1ccc(O)cc1. The second-order valence-corrected chi connectivity index (χ2v) is 7.63. The lowest BCUT2D eigenvalue weighted by atomic mass is 9.98. The summed E-state index contributed by atoms with van der Waals surface area (Å²) in [5.41, 5.74) is 1.07. The lowest BCUT2D eigenvalue weighted by molar-refractivity contribution is -0.0187. The van der Waals surface area contributed by atoms with Gasteiger partial charge in [-0.05, 0) is 38.0 Å². The molecular formula is C22H38O2. The van der Waals surface area contributed by atoms with Gasteiger partial charge in [0.2, 0.25) is 0 Å². The van der Waals surface area contributed by atoms with Crippen molar-refractivity contribution in [1.29, 1.82) is 0 Å². The molecule has 0 saturated carbocycles. The molecule has 24 heavy (non-hydrogen) atoms. The monoisotopic (exact) mass is 334 g/mol. The Kier molecular flexibility index (Phi) is 10.8. The molecule has 0 aliphatic carbocycles. The van der Waals surface area contributed by atoms with E-state index >= 15 is 0 Å². The predicted octanol–water partition coefficient (Wildman–Crippen LogP) is 6.65. The number of hydrogen-bond donors (Lipinski definition) is 1. The van der Waals surface area contributed by atoms with E-state index in [1.54, 1.807) is 12.1 Å². The molecule has 2 heteroatoms. The van der Waals surface area contributed by atoms with Crippen molar-refractivity contribution in [1.82, 2.24) is 0 Å². The Hall–Kier alpha value is -1.02. The van der Waals surface area contributed by atoms with E-state index in [2.05, 4.69) is 20.8 Å². The van der Waals surface area contributed by atoms with Crippen LogP contribution in [0, 0.1) is 0 Å². The number of ether oxygens (including phenoxy) is 1. The van der Waals surface area contributed by atoms with Crippen molar-refractivity contribution in [3.05, 3.63) is 29.8 Å². The maximum Gasteiger partial charge on any atom is 0.115 e. The summed E-state index contributed by atoms with van der Waals surface area (Å²) in [4.78, 5) is 0. The largest absolute Gasteiger partial charge is 0.508 e. The number of unbranched alkanes of at least 4 members (excludes halogenated alkanes) is 9. The van der Waals surface area contributed by atoms with Crippen LogP contribution in [0.4, 0.5) is 0 Å². The summed E-state index contributed by atoms with van der Waals surface area (Å²) < 4.78 is 6.07. The highest BCUT2D eigenvalue weighted by Gasteiger charge is 2.18. The zero-order valence-corrected chi connectivity index (χ0v) is 16.2. The molecule has 0 bridgehead atoms. The van der Waals surface area contributed by atoms with Gasteiger partial charge in [-0.2, -0.15) is 0 Å². The van der Waals surface area contributed by atoms with Gasteiger partial charge < -0.3 is 9.84 Å². The van der Waals surface area contributed by atoms with Crippen molar-refractivity contribution in [3.63, 3.8) is 0 Å². The maximum absolute atomic E-state index is 9.34. The second-order valence-electron chi connectivity index (χ2n) is 7.63. The molecule has 1 aromatic rings. The van der Waals surface area contributed by atoms with E-state index in [0.717, 1.165) is 19.4 Å². The van der Waals surface area contributed by atoms with Gasteiger partial charge in [-0.15, -0.1) is 0 Å². The molecule has 0 aliphatic rings. The Morgan fingerprint density at radius 2 is 1.29 bits per heavy atom. The van der Waals surface area contributed by atoms with Gasteiger partial charge in [0.1, 0.15) is 5.75 Å². The number of rotatable bonds is 14. The van der Waals surface area contributed by atoms with E-state index < -0.39 is 0 Å². The van der Waals surface area contributed by atoms with Crippen molar-refractivity contribution in [2.24, 2.45) is 0 Å². The summed E-state index contributed by atoms with van der Waals surface area (Å²) >= 11 is 0. The Morgan fingerprint density at radius 3 is 1.83 bits per heavy atom. The van der Waals surface area contributed by atoms with Gasteiger partial charge in [-0.1, -0.05) is 76.8 Å². The van der Waals surface area contributed by atoms with E-state index in [1.165, 1.54) is 63.4 Å². The predicted molar refractivity (Wildman–Crippen MR) is 104 cm³/mol. The number of benzene rings is 1. The van der Waals surface area contributed by atoms with Crippen molar-refractivity contribution in [2.75, 3.05) is 6.61 Å². The van der Waals surface area contributed by atoms with Gasteiger partial charge in [-0.3, -0.25) is 0 Å². The van der Waals surface area contributed by atoms with Crippen LogP contribution in [0.5, 0.6) is 5.75 Å². The van der Waals surface area contributed by atoms with E-state index in [9.17, 15) is 5.11 Å². The average molecular weight is 335 g/mol. The summed E-state index contributed by atoms with van der Waals surface area (Å²) in [6.07, 6.45) is 14.4. The first-order valence-corrected chi connectivity index (χ1v) is 9.95. The Bertz CT molecular complexity index is 408. The van der Waals surface area contributed by atoms with Crippen LogP contribution in [0.1, 0.15) is 90.5 Å². The third kappa shape index (κ3) is 10.7. The third-order valence-electron chi connectivity index (χ3n) is 4.56. The van der Waals surface area contributed by atoms with Gasteiger partial charge in [0, 0.05) is 13.0 Å². The summed E-state index contributed by atoms with van der Waals surface area (Å²) in [7, 11) is 0. The van der Waals surface area contributed by atoms with Gasteiger partial charge in [-0.25, -0.2) is 0 Å². The van der Waals surface area contributed by atoms with Crippen LogP contribution < -0.4 is 0 Å². The topological polar surface area (TPSA) is 29.5 Å². The minimum absolute atomic E-state index is 0.143. The molecular weight excluding hydrogens is 296 g/mol. The molecule has 0 amide bonds. The minimum atomic E-state index is -0.143. The third-order valence-corrected chi connectivity index (χ3v) is 4.56. The summed E-state index contributed by atoms with van der Waals surface area (Å²) in [5.74, 6) is 0.322. The Labute approximate surface area is 149 Å². The fourth-order valence-corrected chi connectivity index (χ4v) is 3.09. The van der Waals surface area contributed by atoms with E-state index in [0.29, 0.717) is 5.75 Å². The van der Waals surface area contributed by atoms with Gasteiger partial charge >= 0.3 is 0 Å². The van der Waals surface area contributed by atoms with Crippen LogP contribution in [0.15, 0.2) is 24.3 Å². The lowest BCUT2D eigenvalue weighted by Gasteiger charge is -2.25. The molecule has 2 nitrogen and oxygen atoms in total. The lowest BCUT2D eigenvalue weighted by Crippen LogP contribution is -2.27. The van der Waals surface area contributed by atoms with Gasteiger partial charge in [0.05, 0.1) is 5.60 Å². The molecule has 1 rings (SSSR count). The van der Waals surface area contributed by atoms with Gasteiger partial charge in [0.25, 0.3) is 0 Å². The molecule has 1 aromatic carbocycles. The normalized spacial score (nSPS) is 11.8. The van der Waals surface area contributed by atoms with E-state index in [1.807, 2.05) is 12.1 Å². The fourth-order valence-electron chi connectivity index (χ4n) is 3.09. The van der Waals surface area contributed by atoms with E-state index in [-0.39, 0.29) is 5.60 Å². The highest BCUT2D eigenvalue weighted by Crippen LogP contribution is 2.20. The molecule has 0 saturated heterocycles. The van der Waals surface area contributed by atoms with Gasteiger partial charge in [0.15, 0.2) is 0 Å². The molecule has 0 atom stereocenters. The number of phenolic OH excluding ortho intramolecular Hbond substituents is 1. The van der Waals surface area contributed by atoms with Crippen molar-refractivity contribution in [3.8, 4) is 5.75 Å². The minimum Gasteiger partial charge on any atom is -0.508 e. The number of phenols is 1. The van der Waals surface area contributed by atoms with Crippen LogP contribution in [0.25, 0.3) is 0 Å². The average Bonchev–Trinajstić information content (AvgIpc) is 2.54. The van der Waals surface area contributed by atoms with Crippen molar-refractivity contribution in [2.45, 2.75) is 97.0 Å². The highest BCUT2D eigenvalue weighted by atomic mass is 16.5. The standard InChI is InChI=1S/C22H38O2/c1-4-5-6-7-8-9-10-11-12-13-18-24-22(2,3)19-20-14-16-21(23)17-15-20/h14-17,23H,4-13,18-19H2,1-3H3. The molecule has 0 spiro atoms. The Balaban J connectivity index is 2.00. The zero-order valence-electron chi connectivity index (χ0n) is 16.2. The molecule has 138 valence electrons. The fraction of sp³-hybridized carbons (Fsp3) is 0.727. The molecule has 0 aliphatic heterocycles. The highest BCUT2D eigenvalue weighted by molar-refractivity contribution is 5.26. The second kappa shape index (κ2) is 12.4. The first-order chi connectivity index (χ1) is 11.5. The molecule has 0 heterocycles. The molecule has 0 aromatic heterocycles. The first kappa shape index (κ1) is 21.0. The smallest absolute Gasteiger partial charge is 0.115 e. The molecule has 1 N–H and O–H groups in total. The summed E-state index contributed by atoms with van der Waals surface area (Å²) in [6, 6.07) is 7.43. The van der Waals surface area contributed by atoms with Crippen LogP contribution >= 0.6 is 0 Å². The van der Waals surface area contributed by atoms with E-state index in [4.69, 9.17) is 4.74 Å². The first-order valence-electron chi connectivity index (χ1n) is 9.95. The molecule has 0 unspecified atom stereocenters. The molecule has 0 fully saturated rings. The van der Waals surface area contributed by atoms with Crippen LogP contribution in [-0.2, 0) is 11.2 Å². The van der Waals surface area contributed by atoms with Crippen molar-refractivity contribution >= 4 is 0 Å². The zero-order chi connectivity index (χ0) is 17.7. The van der Waals surface area contributed by atoms with Crippen LogP contribution in [0.2, 0.25) is 0 Å². The maximum atomic E-state index is 9.34. The number of aromatic hydroxyl groups is 1. The quantitative estimate of drug-likeness (QED) is 0.386. The molecule has 0 radical (unpaired) electrons. The summed E-state index contributed by atoms with van der Waals surface area (Å²) in [5, 5.41) is 9.34. The number of hydrogen-bond acceptors (Lipinski definition) is 2. The van der Waals surface area contributed by atoms with Crippen molar-refractivity contribution < 1.29 is 9.84 Å². The Morgan fingerprint density at radius 1 is 0.792 bits per heavy atom. The van der Waals surface area contributed by atoms with Crippen LogP contribution in [0.3, 0.4) is 0 Å². The summed E-state index contributed by atoms with van der Waals surface area (Å²) in [6.45, 7) is 7.42. The van der Waals surface area contributed by atoms with Crippen LogP contribution in [-0.4, -0.2) is 17.3 Å².